The largest absolute Gasteiger partial charge is 0.497 e. The molecule has 1 aromatic carbocycles. The molecule has 0 unspecified atom stereocenters. The van der Waals surface area contributed by atoms with Crippen LogP contribution in [0.2, 0.25) is 0 Å². The van der Waals surface area contributed by atoms with Crippen LogP contribution in [0, 0.1) is 5.92 Å². The van der Waals surface area contributed by atoms with Gasteiger partial charge in [-0.2, -0.15) is 0 Å². The lowest BCUT2D eigenvalue weighted by Crippen LogP contribution is -2.58. The minimum Gasteiger partial charge on any atom is -0.497 e. The second kappa shape index (κ2) is 13.6. The zero-order valence-corrected chi connectivity index (χ0v) is 30.0. The minimum absolute atomic E-state index is 0.00283. The zero-order chi connectivity index (χ0) is 35.9. The number of nitrogens with zero attached hydrogens (tertiary/aromatic N) is 3. The summed E-state index contributed by atoms with van der Waals surface area (Å²) >= 11 is 0. The number of benzene rings is 1. The van der Waals surface area contributed by atoms with Gasteiger partial charge in [0.25, 0.3) is 5.91 Å². The van der Waals surface area contributed by atoms with E-state index in [-0.39, 0.29) is 31.7 Å². The van der Waals surface area contributed by atoms with Crippen molar-refractivity contribution in [3.05, 3.63) is 30.5 Å². The van der Waals surface area contributed by atoms with Gasteiger partial charge in [0.05, 0.1) is 18.9 Å². The number of ether oxygens (including phenoxy) is 3. The van der Waals surface area contributed by atoms with E-state index in [4.69, 9.17) is 14.2 Å². The van der Waals surface area contributed by atoms with Crippen molar-refractivity contribution in [3.63, 3.8) is 0 Å². The van der Waals surface area contributed by atoms with Crippen molar-refractivity contribution in [1.82, 2.24) is 24.8 Å². The smallest absolute Gasteiger partial charge is 0.410 e. The maximum Gasteiger partial charge on any atom is 0.410 e. The summed E-state index contributed by atoms with van der Waals surface area (Å²) < 4.78 is 44.4. The Morgan fingerprint density at radius 3 is 2.41 bits per heavy atom. The van der Waals surface area contributed by atoms with E-state index in [0.717, 1.165) is 5.39 Å². The summed E-state index contributed by atoms with van der Waals surface area (Å²) in [7, 11) is -0.758. The van der Waals surface area contributed by atoms with E-state index in [2.05, 4.69) is 15.0 Å². The van der Waals surface area contributed by atoms with Crippen molar-refractivity contribution in [1.29, 1.82) is 0 Å². The van der Waals surface area contributed by atoms with Gasteiger partial charge in [-0.3, -0.25) is 24.0 Å². The Morgan fingerprint density at radius 2 is 1.82 bits per heavy atom. The molecule has 15 heteroatoms. The fraction of sp³-hybridized carbons (Fsp3) is 0.618. The number of sulfonamides is 1. The SMILES string of the molecule is COc1ccc2c(O[C@@H]3C[C@@H](C(=O)NC4(C(=O)NS(=O)(=O)C5CC5)CC4)N(C(=O)[C@H](CC(C)C)N(C)C(=O)OC(C)(C)C)C3)nccc2c1. The summed E-state index contributed by atoms with van der Waals surface area (Å²) in [5.74, 6) is -0.901. The van der Waals surface area contributed by atoms with Gasteiger partial charge in [-0.15, -0.1) is 0 Å². The molecule has 3 fully saturated rings. The first-order valence-electron chi connectivity index (χ1n) is 16.7. The Bertz CT molecular complexity index is 1720. The fourth-order valence-corrected chi connectivity index (χ4v) is 7.32. The summed E-state index contributed by atoms with van der Waals surface area (Å²) in [6.45, 7) is 9.05. The van der Waals surface area contributed by atoms with Crippen LogP contribution < -0.4 is 19.5 Å². The molecule has 268 valence electrons. The average Bonchev–Trinajstić information content (AvgIpc) is 3.96. The monoisotopic (exact) mass is 701 g/mol. The third kappa shape index (κ3) is 8.36. The quantitative estimate of drug-likeness (QED) is 0.335. The molecule has 1 aromatic heterocycles. The van der Waals surface area contributed by atoms with Gasteiger partial charge < -0.3 is 24.4 Å². The number of carbonyl (C=O) groups excluding carboxylic acids is 4. The van der Waals surface area contributed by atoms with Gasteiger partial charge >= 0.3 is 6.09 Å². The highest BCUT2D eigenvalue weighted by molar-refractivity contribution is 7.91. The zero-order valence-electron chi connectivity index (χ0n) is 29.1. The van der Waals surface area contributed by atoms with E-state index in [1.165, 1.54) is 16.8 Å². The van der Waals surface area contributed by atoms with Crippen molar-refractivity contribution in [3.8, 4) is 11.6 Å². The standard InChI is InChI=1S/C34H47N5O9S/c1-20(2)16-27(38(6)32(43)48-33(3,4)5)30(41)39-19-23(47-29-25-11-8-22(46-7)17-21(25)12-15-35-29)18-26(39)28(40)36-34(13-14-34)31(42)37-49(44,45)24-9-10-24/h8,11-12,15,17,20,23-24,26-27H,9-10,13-14,16,18-19H2,1-7H3,(H,36,40)(H,37,42)/t23-,26+,27+/m1/s1. The molecule has 2 saturated carbocycles. The maximum absolute atomic E-state index is 14.4. The van der Waals surface area contributed by atoms with Gasteiger partial charge in [-0.1, -0.05) is 13.8 Å². The topological polar surface area (TPSA) is 174 Å². The van der Waals surface area contributed by atoms with Crippen LogP contribution in [-0.4, -0.2) is 102 Å². The predicted molar refractivity (Wildman–Crippen MR) is 180 cm³/mol. The van der Waals surface area contributed by atoms with Crippen LogP contribution in [-0.2, 0) is 29.1 Å². The Balaban J connectivity index is 1.42. The lowest BCUT2D eigenvalue weighted by Gasteiger charge is -2.35. The molecular formula is C34H47N5O9S. The Labute approximate surface area is 287 Å². The summed E-state index contributed by atoms with van der Waals surface area (Å²) in [4.78, 5) is 61.8. The molecule has 1 aliphatic heterocycles. The maximum atomic E-state index is 14.4. The number of aromatic nitrogens is 1. The number of amides is 4. The number of likely N-dealkylation sites (tertiary alicyclic amines) is 1. The number of likely N-dealkylation sites (N-methyl/N-ethyl adjacent to an activating group) is 1. The summed E-state index contributed by atoms with van der Waals surface area (Å²) in [5, 5.41) is 3.69. The Morgan fingerprint density at radius 1 is 1.12 bits per heavy atom. The van der Waals surface area contributed by atoms with E-state index in [9.17, 15) is 27.6 Å². The highest BCUT2D eigenvalue weighted by Gasteiger charge is 2.55. The van der Waals surface area contributed by atoms with Gasteiger partial charge in [0, 0.05) is 25.1 Å². The van der Waals surface area contributed by atoms with E-state index in [1.807, 2.05) is 32.0 Å². The highest BCUT2D eigenvalue weighted by Crippen LogP contribution is 2.38. The van der Waals surface area contributed by atoms with Crippen molar-refractivity contribution < 1.29 is 41.8 Å². The third-order valence-electron chi connectivity index (χ3n) is 8.94. The van der Waals surface area contributed by atoms with Crippen LogP contribution in [0.3, 0.4) is 0 Å². The number of fused-ring (bicyclic) bond motifs is 1. The van der Waals surface area contributed by atoms with Gasteiger partial charge in [-0.05, 0) is 88.4 Å². The van der Waals surface area contributed by atoms with Crippen LogP contribution >= 0.6 is 0 Å². The second-order valence-electron chi connectivity index (χ2n) is 14.7. The van der Waals surface area contributed by atoms with E-state index in [0.29, 0.717) is 36.3 Å². The first-order chi connectivity index (χ1) is 22.9. The molecule has 3 aliphatic rings. The molecule has 0 radical (unpaired) electrons. The van der Waals surface area contributed by atoms with Crippen LogP contribution in [0.4, 0.5) is 4.79 Å². The van der Waals surface area contributed by atoms with Crippen LogP contribution in [0.15, 0.2) is 30.5 Å². The van der Waals surface area contributed by atoms with Crippen LogP contribution in [0.25, 0.3) is 10.8 Å². The molecule has 2 heterocycles. The first kappa shape index (κ1) is 36.1. The van der Waals surface area contributed by atoms with Gasteiger partial charge in [-0.25, -0.2) is 18.2 Å². The van der Waals surface area contributed by atoms with E-state index < -0.39 is 68.4 Å². The molecule has 0 spiro atoms. The van der Waals surface area contributed by atoms with Crippen LogP contribution in [0.5, 0.6) is 11.6 Å². The number of carbonyl (C=O) groups is 4. The molecule has 5 rings (SSSR count). The minimum atomic E-state index is -3.83. The van der Waals surface area contributed by atoms with Gasteiger partial charge in [0.2, 0.25) is 27.7 Å². The number of methoxy groups -OCH3 is 1. The summed E-state index contributed by atoms with van der Waals surface area (Å²) in [6.07, 6.45) is 2.08. The van der Waals surface area contributed by atoms with Gasteiger partial charge in [0.15, 0.2) is 0 Å². The summed E-state index contributed by atoms with van der Waals surface area (Å²) in [6, 6.07) is 5.21. The Kier molecular flexibility index (Phi) is 10.1. The number of pyridine rings is 1. The number of rotatable bonds is 12. The molecule has 3 atom stereocenters. The van der Waals surface area contributed by atoms with Crippen molar-refractivity contribution >= 4 is 44.6 Å². The lowest BCUT2D eigenvalue weighted by molar-refractivity contribution is -0.143. The molecule has 0 bridgehead atoms. The van der Waals surface area contributed by atoms with Crippen molar-refractivity contribution in [2.45, 2.75) is 108 Å². The molecule has 4 amide bonds. The normalized spacial score (nSPS) is 20.8. The third-order valence-corrected chi connectivity index (χ3v) is 10.8. The molecule has 49 heavy (non-hydrogen) atoms. The Hall–Kier alpha value is -4.14. The highest BCUT2D eigenvalue weighted by atomic mass is 32.2. The number of nitrogens with one attached hydrogen (secondary N) is 2. The van der Waals surface area contributed by atoms with Crippen molar-refractivity contribution in [2.24, 2.45) is 5.92 Å². The molecule has 14 nitrogen and oxygen atoms in total. The predicted octanol–water partition coefficient (Wildman–Crippen LogP) is 3.13. The molecule has 1 saturated heterocycles. The molecule has 2 aliphatic carbocycles. The molecule has 2 N–H and O–H groups in total. The fourth-order valence-electron chi connectivity index (χ4n) is 5.95. The second-order valence-corrected chi connectivity index (χ2v) is 16.6. The average molecular weight is 702 g/mol. The van der Waals surface area contributed by atoms with E-state index >= 15 is 0 Å². The van der Waals surface area contributed by atoms with Gasteiger partial charge in [0.1, 0.15) is 35.1 Å². The van der Waals surface area contributed by atoms with E-state index in [1.54, 1.807) is 40.1 Å². The summed E-state index contributed by atoms with van der Waals surface area (Å²) in [5.41, 5.74) is -2.19. The van der Waals surface area contributed by atoms with Crippen LogP contribution in [0.1, 0.15) is 73.1 Å². The molecule has 2 aromatic rings. The lowest BCUT2D eigenvalue weighted by atomic mass is 10.0. The van der Waals surface area contributed by atoms with Crippen molar-refractivity contribution in [2.75, 3.05) is 20.7 Å². The first-order valence-corrected chi connectivity index (χ1v) is 18.2. The number of hydrogen-bond acceptors (Lipinski definition) is 10. The number of hydrogen-bond donors (Lipinski definition) is 2. The molecular weight excluding hydrogens is 654 g/mol.